The molecule has 1 aromatic heterocycles. The van der Waals surface area contributed by atoms with Crippen molar-refractivity contribution in [2.45, 2.75) is 32.6 Å². The van der Waals surface area contributed by atoms with Crippen molar-refractivity contribution in [3.05, 3.63) is 46.4 Å². The average molecular weight is 298 g/mol. The zero-order valence-electron chi connectivity index (χ0n) is 13.2. The minimum Gasteiger partial charge on any atom is -0.338 e. The number of para-hydroxylation sites is 1. The van der Waals surface area contributed by atoms with E-state index in [-0.39, 0.29) is 5.56 Å². The van der Waals surface area contributed by atoms with Gasteiger partial charge in [0.15, 0.2) is 0 Å². The van der Waals surface area contributed by atoms with Gasteiger partial charge in [-0.25, -0.2) is 4.68 Å². The molecule has 0 aliphatic carbocycles. The van der Waals surface area contributed by atoms with E-state index < -0.39 is 0 Å². The summed E-state index contributed by atoms with van der Waals surface area (Å²) in [7, 11) is 1.91. The minimum absolute atomic E-state index is 0.0295. The lowest BCUT2D eigenvalue weighted by atomic mass is 10.2. The number of aromatic nitrogens is 2. The monoisotopic (exact) mass is 298 g/mol. The molecule has 0 fully saturated rings. The predicted octanol–water partition coefficient (Wildman–Crippen LogP) is 2.87. The second-order valence-electron chi connectivity index (χ2n) is 5.70. The third-order valence-corrected chi connectivity index (χ3v) is 4.20. The first-order chi connectivity index (χ1) is 10.7. The SMILES string of the molecule is Cc1c(NC2=NCCCCC2)c(=O)n(-c2ccccc2)n1C. The number of amidine groups is 1. The Kier molecular flexibility index (Phi) is 4.13. The molecule has 0 saturated heterocycles. The molecule has 0 radical (unpaired) electrons. The summed E-state index contributed by atoms with van der Waals surface area (Å²) in [5, 5.41) is 3.28. The number of benzene rings is 1. The van der Waals surface area contributed by atoms with Crippen LogP contribution < -0.4 is 10.9 Å². The smallest absolute Gasteiger partial charge is 0.295 e. The number of hydrogen-bond acceptors (Lipinski definition) is 3. The van der Waals surface area contributed by atoms with Crippen LogP contribution >= 0.6 is 0 Å². The lowest BCUT2D eigenvalue weighted by molar-refractivity contribution is 0.630. The maximum atomic E-state index is 12.8. The first kappa shape index (κ1) is 14.6. The van der Waals surface area contributed by atoms with Gasteiger partial charge < -0.3 is 5.32 Å². The van der Waals surface area contributed by atoms with Crippen molar-refractivity contribution in [2.24, 2.45) is 12.0 Å². The molecule has 0 atom stereocenters. The Morgan fingerprint density at radius 1 is 1.14 bits per heavy atom. The Labute approximate surface area is 130 Å². The summed E-state index contributed by atoms with van der Waals surface area (Å²) in [6.07, 6.45) is 4.38. The Balaban J connectivity index is 1.99. The van der Waals surface area contributed by atoms with Crippen molar-refractivity contribution >= 4 is 11.5 Å². The van der Waals surface area contributed by atoms with Crippen LogP contribution in [0.2, 0.25) is 0 Å². The molecule has 1 aliphatic rings. The van der Waals surface area contributed by atoms with Crippen molar-refractivity contribution in [3.8, 4) is 5.69 Å². The normalized spacial score (nSPS) is 15.3. The van der Waals surface area contributed by atoms with Crippen LogP contribution in [-0.2, 0) is 7.05 Å². The highest BCUT2D eigenvalue weighted by Crippen LogP contribution is 2.16. The zero-order chi connectivity index (χ0) is 15.5. The van der Waals surface area contributed by atoms with Crippen molar-refractivity contribution in [1.29, 1.82) is 0 Å². The third-order valence-electron chi connectivity index (χ3n) is 4.20. The summed E-state index contributed by atoms with van der Waals surface area (Å²) in [5.41, 5.74) is 2.39. The summed E-state index contributed by atoms with van der Waals surface area (Å²) in [6.45, 7) is 2.81. The van der Waals surface area contributed by atoms with Gasteiger partial charge >= 0.3 is 0 Å². The Bertz CT molecular complexity index is 740. The molecule has 1 aromatic carbocycles. The van der Waals surface area contributed by atoms with Gasteiger partial charge in [0.05, 0.1) is 11.4 Å². The van der Waals surface area contributed by atoms with Gasteiger partial charge in [0.2, 0.25) is 0 Å². The van der Waals surface area contributed by atoms with Crippen LogP contribution in [0, 0.1) is 6.92 Å². The molecule has 1 aliphatic heterocycles. The second kappa shape index (κ2) is 6.22. The van der Waals surface area contributed by atoms with E-state index in [0.29, 0.717) is 5.69 Å². The van der Waals surface area contributed by atoms with Crippen LogP contribution in [-0.4, -0.2) is 21.7 Å². The molecule has 0 spiro atoms. The Morgan fingerprint density at radius 2 is 1.91 bits per heavy atom. The van der Waals surface area contributed by atoms with Gasteiger partial charge in [0.25, 0.3) is 5.56 Å². The number of hydrogen-bond donors (Lipinski definition) is 1. The van der Waals surface area contributed by atoms with Crippen LogP contribution in [0.5, 0.6) is 0 Å². The second-order valence-corrected chi connectivity index (χ2v) is 5.70. The quantitative estimate of drug-likeness (QED) is 0.927. The maximum absolute atomic E-state index is 12.8. The fraction of sp³-hybridized carbons (Fsp3) is 0.412. The predicted molar refractivity (Wildman–Crippen MR) is 90.1 cm³/mol. The van der Waals surface area contributed by atoms with Crippen LogP contribution in [0.1, 0.15) is 31.4 Å². The van der Waals surface area contributed by atoms with Gasteiger partial charge in [-0.2, -0.15) is 0 Å². The molecule has 2 heterocycles. The van der Waals surface area contributed by atoms with Gasteiger partial charge in [0, 0.05) is 20.0 Å². The molecule has 1 N–H and O–H groups in total. The zero-order valence-corrected chi connectivity index (χ0v) is 13.2. The van der Waals surface area contributed by atoms with E-state index in [1.165, 1.54) is 6.42 Å². The molecule has 5 heteroatoms. The van der Waals surface area contributed by atoms with Gasteiger partial charge in [-0.1, -0.05) is 24.6 Å². The molecular formula is C17H22N4O. The molecular weight excluding hydrogens is 276 g/mol. The third kappa shape index (κ3) is 2.71. The van der Waals surface area contributed by atoms with Gasteiger partial charge in [-0.05, 0) is 31.9 Å². The van der Waals surface area contributed by atoms with Crippen molar-refractivity contribution < 1.29 is 0 Å². The van der Waals surface area contributed by atoms with Crippen LogP contribution in [0.3, 0.4) is 0 Å². The Morgan fingerprint density at radius 3 is 2.68 bits per heavy atom. The number of nitrogens with one attached hydrogen (secondary N) is 1. The molecule has 0 amide bonds. The lowest BCUT2D eigenvalue weighted by Gasteiger charge is -2.07. The van der Waals surface area contributed by atoms with Gasteiger partial charge in [-0.3, -0.25) is 14.5 Å². The van der Waals surface area contributed by atoms with Crippen LogP contribution in [0.4, 0.5) is 5.69 Å². The standard InChI is InChI=1S/C17H22N4O/c1-13-16(19-15-11-7-4-8-12-18-15)17(22)21(20(13)2)14-9-5-3-6-10-14/h3,5-6,9-10H,4,7-8,11-12H2,1-2H3,(H,18,19). The molecule has 0 saturated carbocycles. The molecule has 116 valence electrons. The molecule has 5 nitrogen and oxygen atoms in total. The Hall–Kier alpha value is -2.30. The number of rotatable bonds is 2. The first-order valence-corrected chi connectivity index (χ1v) is 7.83. The van der Waals surface area contributed by atoms with Crippen molar-refractivity contribution in [1.82, 2.24) is 9.36 Å². The molecule has 3 rings (SSSR count). The maximum Gasteiger partial charge on any atom is 0.295 e. The van der Waals surface area contributed by atoms with E-state index in [0.717, 1.165) is 43.0 Å². The number of nitrogens with zero attached hydrogens (tertiary/aromatic N) is 3. The van der Waals surface area contributed by atoms with E-state index in [1.807, 2.05) is 49.0 Å². The highest BCUT2D eigenvalue weighted by Gasteiger charge is 2.17. The first-order valence-electron chi connectivity index (χ1n) is 7.83. The largest absolute Gasteiger partial charge is 0.338 e. The van der Waals surface area contributed by atoms with E-state index in [9.17, 15) is 4.79 Å². The minimum atomic E-state index is -0.0295. The van der Waals surface area contributed by atoms with E-state index in [1.54, 1.807) is 4.68 Å². The van der Waals surface area contributed by atoms with Crippen LogP contribution in [0.15, 0.2) is 40.1 Å². The number of aliphatic imine (C=N–C) groups is 1. The summed E-state index contributed by atoms with van der Waals surface area (Å²) in [4.78, 5) is 17.4. The highest BCUT2D eigenvalue weighted by atomic mass is 16.1. The summed E-state index contributed by atoms with van der Waals surface area (Å²) < 4.78 is 3.58. The fourth-order valence-corrected chi connectivity index (χ4v) is 2.83. The lowest BCUT2D eigenvalue weighted by Crippen LogP contribution is -2.22. The highest BCUT2D eigenvalue weighted by molar-refractivity contribution is 5.95. The van der Waals surface area contributed by atoms with Crippen molar-refractivity contribution in [2.75, 3.05) is 11.9 Å². The van der Waals surface area contributed by atoms with Gasteiger partial charge in [0.1, 0.15) is 11.5 Å². The van der Waals surface area contributed by atoms with Crippen molar-refractivity contribution in [3.63, 3.8) is 0 Å². The molecule has 2 aromatic rings. The van der Waals surface area contributed by atoms with E-state index in [2.05, 4.69) is 10.3 Å². The fourth-order valence-electron chi connectivity index (χ4n) is 2.83. The van der Waals surface area contributed by atoms with Crippen LogP contribution in [0.25, 0.3) is 5.69 Å². The molecule has 0 unspecified atom stereocenters. The topological polar surface area (TPSA) is 51.3 Å². The average Bonchev–Trinajstić information content (AvgIpc) is 2.73. The van der Waals surface area contributed by atoms with E-state index >= 15 is 0 Å². The van der Waals surface area contributed by atoms with Gasteiger partial charge in [-0.15, -0.1) is 0 Å². The summed E-state index contributed by atoms with van der Waals surface area (Å²) in [5.74, 6) is 0.934. The summed E-state index contributed by atoms with van der Waals surface area (Å²) in [6, 6.07) is 9.70. The molecule has 22 heavy (non-hydrogen) atoms. The van der Waals surface area contributed by atoms with E-state index in [4.69, 9.17) is 0 Å². The summed E-state index contributed by atoms with van der Waals surface area (Å²) >= 11 is 0. The molecule has 0 bridgehead atoms. The number of anilines is 1.